The van der Waals surface area contributed by atoms with Gasteiger partial charge in [0.15, 0.2) is 35.3 Å². The van der Waals surface area contributed by atoms with Crippen molar-refractivity contribution in [2.24, 2.45) is 0 Å². The van der Waals surface area contributed by atoms with Crippen LogP contribution in [-0.4, -0.2) is 85.7 Å². The molecule has 0 spiro atoms. The number of ether oxygens (including phenoxy) is 5. The zero-order chi connectivity index (χ0) is 29.8. The molecule has 3 heterocycles. The Kier molecular flexibility index (Phi) is 8.58. The predicted molar refractivity (Wildman–Crippen MR) is 134 cm³/mol. The Morgan fingerprint density at radius 3 is 2.27 bits per heavy atom. The Morgan fingerprint density at radius 2 is 1.68 bits per heavy atom. The van der Waals surface area contributed by atoms with Crippen LogP contribution in [0, 0.1) is 0 Å². The fraction of sp³-hybridized carbons (Fsp3) is 0.417. The molecule has 1 aliphatic heterocycles. The van der Waals surface area contributed by atoms with Gasteiger partial charge in [-0.2, -0.15) is 4.68 Å². The lowest BCUT2D eigenvalue weighted by molar-refractivity contribution is -0.166. The van der Waals surface area contributed by atoms with Crippen LogP contribution in [0.5, 0.6) is 5.75 Å². The van der Waals surface area contributed by atoms with Crippen LogP contribution in [0.15, 0.2) is 29.1 Å². The lowest BCUT2D eigenvalue weighted by atomic mass is 10.1. The van der Waals surface area contributed by atoms with Crippen molar-refractivity contribution in [1.29, 1.82) is 0 Å². The van der Waals surface area contributed by atoms with E-state index < -0.39 is 67.3 Å². The molecule has 4 rings (SSSR count). The number of aromatic nitrogens is 5. The van der Waals surface area contributed by atoms with Crippen molar-refractivity contribution in [1.82, 2.24) is 24.8 Å². The Hall–Kier alpha value is -4.90. The highest BCUT2D eigenvalue weighted by atomic mass is 16.7. The fourth-order valence-electron chi connectivity index (χ4n) is 4.17. The summed E-state index contributed by atoms with van der Waals surface area (Å²) in [5, 5.41) is 24.4. The highest BCUT2D eigenvalue weighted by molar-refractivity contribution is 6.07. The van der Waals surface area contributed by atoms with Crippen LogP contribution < -0.4 is 15.6 Å². The normalized spacial score (nSPS) is 19.9. The van der Waals surface area contributed by atoms with Crippen LogP contribution >= 0.6 is 0 Å². The third kappa shape index (κ3) is 6.15. The molecule has 3 aromatic rings. The molecule has 1 aromatic carbocycles. The van der Waals surface area contributed by atoms with Crippen LogP contribution in [0.4, 0.5) is 5.82 Å². The molecule has 0 bridgehead atoms. The maximum Gasteiger partial charge on any atom is 0.303 e. The largest absolute Gasteiger partial charge is 0.497 e. The summed E-state index contributed by atoms with van der Waals surface area (Å²) in [6, 6.07) is 6.18. The molecule has 17 heteroatoms. The van der Waals surface area contributed by atoms with E-state index in [0.717, 1.165) is 25.5 Å². The summed E-state index contributed by atoms with van der Waals surface area (Å²) in [5.74, 6) is -2.42. The molecule has 0 aliphatic carbocycles. The van der Waals surface area contributed by atoms with Crippen molar-refractivity contribution in [2.45, 2.75) is 52.0 Å². The second kappa shape index (κ2) is 12.1. The maximum absolute atomic E-state index is 13.6. The second-order valence-corrected chi connectivity index (χ2v) is 8.72. The van der Waals surface area contributed by atoms with Crippen molar-refractivity contribution < 1.29 is 48.0 Å². The Balaban J connectivity index is 1.73. The minimum atomic E-state index is -1.49. The van der Waals surface area contributed by atoms with E-state index in [9.17, 15) is 29.1 Å². The van der Waals surface area contributed by atoms with Crippen molar-refractivity contribution in [2.75, 3.05) is 19.0 Å². The summed E-state index contributed by atoms with van der Waals surface area (Å²) in [6.45, 7) is 2.18. The monoisotopic (exact) mass is 574 g/mol. The van der Waals surface area contributed by atoms with Gasteiger partial charge in [-0.1, -0.05) is 5.21 Å². The molecule has 218 valence electrons. The van der Waals surface area contributed by atoms with Crippen LogP contribution in [0.1, 0.15) is 37.4 Å². The average Bonchev–Trinajstić information content (AvgIpc) is 3.45. The maximum atomic E-state index is 13.6. The van der Waals surface area contributed by atoms with Gasteiger partial charge < -0.3 is 34.1 Å². The number of amides is 1. The zero-order valence-corrected chi connectivity index (χ0v) is 22.3. The third-order valence-corrected chi connectivity index (χ3v) is 5.88. The smallest absolute Gasteiger partial charge is 0.303 e. The summed E-state index contributed by atoms with van der Waals surface area (Å²) in [7, 11) is 1.48. The quantitative estimate of drug-likeness (QED) is 0.244. The number of anilines is 1. The number of hydrogen-bond donors (Lipinski definition) is 2. The molecule has 4 atom stereocenters. The van der Waals surface area contributed by atoms with Crippen molar-refractivity contribution in [3.63, 3.8) is 0 Å². The number of methoxy groups -OCH3 is 1. The molecular weight excluding hydrogens is 548 g/mol. The molecule has 4 unspecified atom stereocenters. The number of aliphatic hydroxyl groups is 1. The minimum Gasteiger partial charge on any atom is -0.497 e. The third-order valence-electron chi connectivity index (χ3n) is 5.88. The van der Waals surface area contributed by atoms with Gasteiger partial charge in [-0.25, -0.2) is 4.68 Å². The molecule has 41 heavy (non-hydrogen) atoms. The first-order chi connectivity index (χ1) is 19.5. The molecule has 1 saturated heterocycles. The second-order valence-electron chi connectivity index (χ2n) is 8.72. The van der Waals surface area contributed by atoms with Gasteiger partial charge in [0.25, 0.3) is 11.5 Å². The van der Waals surface area contributed by atoms with Crippen LogP contribution in [-0.2, 0) is 40.1 Å². The van der Waals surface area contributed by atoms with Gasteiger partial charge in [0.05, 0.1) is 7.11 Å². The van der Waals surface area contributed by atoms with Gasteiger partial charge >= 0.3 is 17.9 Å². The highest BCUT2D eigenvalue weighted by Gasteiger charge is 2.51. The molecule has 1 aliphatic rings. The molecule has 0 radical (unpaired) electrons. The van der Waals surface area contributed by atoms with E-state index in [1.54, 1.807) is 12.1 Å². The molecular formula is C24H26N6O11. The number of benzene rings is 1. The van der Waals surface area contributed by atoms with Crippen molar-refractivity contribution in [3.8, 4) is 5.75 Å². The number of hydrogen-bond acceptors (Lipinski definition) is 14. The number of rotatable bonds is 9. The molecule has 1 amide bonds. The van der Waals surface area contributed by atoms with Crippen molar-refractivity contribution >= 4 is 40.7 Å². The summed E-state index contributed by atoms with van der Waals surface area (Å²) in [4.78, 5) is 61.5. The standard InChI is InChI=1S/C24H26N6O11/c1-11(32)38-9-16-19(39-12(2)33)20(40-13(3)34)24(41-16)30-23(36)18-17(26-28-30)21(27-29(18)10-31)25-22(35)14-5-7-15(37-4)8-6-14/h5-8,16,19-20,24,31H,9-10H2,1-4H3,(H,25,27,35). The van der Waals surface area contributed by atoms with E-state index in [-0.39, 0.29) is 22.4 Å². The summed E-state index contributed by atoms with van der Waals surface area (Å²) >= 11 is 0. The number of nitrogens with one attached hydrogen (secondary N) is 1. The zero-order valence-electron chi connectivity index (χ0n) is 22.3. The van der Waals surface area contributed by atoms with E-state index in [1.165, 1.54) is 19.2 Å². The van der Waals surface area contributed by atoms with E-state index in [0.29, 0.717) is 10.4 Å². The topological polar surface area (TPSA) is 212 Å². The van der Waals surface area contributed by atoms with Crippen LogP contribution in [0.3, 0.4) is 0 Å². The Bertz CT molecular complexity index is 1530. The molecule has 2 N–H and O–H groups in total. The minimum absolute atomic E-state index is 0.155. The molecule has 2 aromatic heterocycles. The van der Waals surface area contributed by atoms with Gasteiger partial charge in [0.2, 0.25) is 0 Å². The summed E-state index contributed by atoms with van der Waals surface area (Å²) in [5.41, 5.74) is -1.08. The molecule has 1 fully saturated rings. The van der Waals surface area contributed by atoms with E-state index in [4.69, 9.17) is 23.7 Å². The van der Waals surface area contributed by atoms with E-state index in [2.05, 4.69) is 20.7 Å². The first-order valence-electron chi connectivity index (χ1n) is 12.1. The molecule has 17 nitrogen and oxygen atoms in total. The Labute approximate surface area is 230 Å². The first kappa shape index (κ1) is 29.1. The SMILES string of the molecule is COc1ccc(C(=O)Nc2nn(CO)c3c(=O)n(C4OC(COC(C)=O)C(OC(C)=O)C4OC(C)=O)nnc23)cc1. The fourth-order valence-corrected chi connectivity index (χ4v) is 4.17. The predicted octanol–water partition coefficient (Wildman–Crippen LogP) is -0.477. The number of esters is 3. The number of nitrogens with zero attached hydrogens (tertiary/aromatic N) is 5. The first-order valence-corrected chi connectivity index (χ1v) is 12.1. The Morgan fingerprint density at radius 1 is 1.02 bits per heavy atom. The molecule has 0 saturated carbocycles. The summed E-state index contributed by atoms with van der Waals surface area (Å²) < 4.78 is 28.1. The number of carbonyl (C=O) groups is 4. The van der Waals surface area contributed by atoms with Crippen molar-refractivity contribution in [3.05, 3.63) is 40.2 Å². The van der Waals surface area contributed by atoms with Crippen LogP contribution in [0.2, 0.25) is 0 Å². The van der Waals surface area contributed by atoms with E-state index in [1.807, 2.05) is 0 Å². The van der Waals surface area contributed by atoms with Gasteiger partial charge in [0, 0.05) is 26.3 Å². The lowest BCUT2D eigenvalue weighted by Crippen LogP contribution is -2.42. The van der Waals surface area contributed by atoms with Gasteiger partial charge in [0.1, 0.15) is 25.2 Å². The van der Waals surface area contributed by atoms with Gasteiger partial charge in [-0.15, -0.1) is 10.2 Å². The van der Waals surface area contributed by atoms with Crippen LogP contribution in [0.25, 0.3) is 11.0 Å². The highest BCUT2D eigenvalue weighted by Crippen LogP contribution is 2.33. The average molecular weight is 575 g/mol. The van der Waals surface area contributed by atoms with Gasteiger partial charge in [-0.05, 0) is 24.3 Å². The number of carbonyl (C=O) groups excluding carboxylic acids is 4. The number of fused-ring (bicyclic) bond motifs is 1. The summed E-state index contributed by atoms with van der Waals surface area (Å²) in [6.07, 6.45) is -5.33. The van der Waals surface area contributed by atoms with E-state index >= 15 is 0 Å². The lowest BCUT2D eigenvalue weighted by Gasteiger charge is -2.23. The number of aliphatic hydroxyl groups excluding tert-OH is 1. The van der Waals surface area contributed by atoms with Gasteiger partial charge in [-0.3, -0.25) is 24.0 Å².